The first-order valence-electron chi connectivity index (χ1n) is 11.0. The normalized spacial score (nSPS) is 22.1. The summed E-state index contributed by atoms with van der Waals surface area (Å²) < 4.78 is 0. The van der Waals surface area contributed by atoms with Gasteiger partial charge in [0.2, 0.25) is 5.91 Å². The number of rotatable bonds is 6. The molecule has 2 heterocycles. The van der Waals surface area contributed by atoms with E-state index in [1.54, 1.807) is 0 Å². The van der Waals surface area contributed by atoms with Crippen LogP contribution < -0.4 is 5.32 Å². The first-order chi connectivity index (χ1) is 15.3. The third-order valence-corrected chi connectivity index (χ3v) is 6.29. The molecule has 0 spiro atoms. The molecule has 1 aliphatic carbocycles. The zero-order valence-electron chi connectivity index (χ0n) is 18.5. The molecule has 1 aliphatic heterocycles. The highest BCUT2D eigenvalue weighted by molar-refractivity contribution is 5.90. The Labute approximate surface area is 187 Å². The maximum atomic E-state index is 12.6. The number of nitrogens with one attached hydrogen (secondary N) is 2. The van der Waals surface area contributed by atoms with Gasteiger partial charge in [-0.25, -0.2) is 9.59 Å². The minimum Gasteiger partial charge on any atom is -0.478 e. The summed E-state index contributed by atoms with van der Waals surface area (Å²) >= 11 is 0. The number of carbonyl (C=O) groups is 3. The summed E-state index contributed by atoms with van der Waals surface area (Å²) in [6, 6.07) is 7.08. The first kappa shape index (κ1) is 23.5. The van der Waals surface area contributed by atoms with Crippen molar-refractivity contribution >= 4 is 28.7 Å². The second-order valence-corrected chi connectivity index (χ2v) is 8.49. The van der Waals surface area contributed by atoms with Gasteiger partial charge >= 0.3 is 11.9 Å². The van der Waals surface area contributed by atoms with Crippen molar-refractivity contribution in [1.29, 1.82) is 0 Å². The molecule has 3 atom stereocenters. The number of carbonyl (C=O) groups excluding carboxylic acids is 1. The lowest BCUT2D eigenvalue weighted by molar-refractivity contribution is -0.134. The Kier molecular flexibility index (Phi) is 7.69. The topological polar surface area (TPSA) is 123 Å². The van der Waals surface area contributed by atoms with E-state index in [-0.39, 0.29) is 11.8 Å². The molecular formula is C24H31N3O5. The standard InChI is InChI=1S/C20H27N3O.C4H4O4/c1-3-4-8-21-20(24)14-9-16-15-6-5-7-17-19(15)13(11-22-17)10-18(16)23(2)12-14;5-3(6)1-2-4(7)8/h5-7,11,14,16,18,22H,3-4,8-10,12H2,1-2H3,(H,21,24);1-2H,(H,5,6)(H,7,8)/b;2-1-/t14?,16?,18-;/m1./s1. The van der Waals surface area contributed by atoms with E-state index in [1.165, 1.54) is 22.0 Å². The Bertz CT molecular complexity index is 996. The van der Waals surface area contributed by atoms with E-state index in [0.29, 0.717) is 24.1 Å². The first-order valence-corrected chi connectivity index (χ1v) is 11.0. The number of piperidine rings is 1. The van der Waals surface area contributed by atoms with Crippen LogP contribution in [0, 0.1) is 5.92 Å². The van der Waals surface area contributed by atoms with Gasteiger partial charge in [0.25, 0.3) is 0 Å². The van der Waals surface area contributed by atoms with Gasteiger partial charge in [0.15, 0.2) is 0 Å². The molecule has 8 heteroatoms. The predicted octanol–water partition coefficient (Wildman–Crippen LogP) is 2.76. The molecule has 2 unspecified atom stereocenters. The Hall–Kier alpha value is -3.13. The molecule has 1 amide bonds. The van der Waals surface area contributed by atoms with Crippen molar-refractivity contribution in [3.63, 3.8) is 0 Å². The summed E-state index contributed by atoms with van der Waals surface area (Å²) in [5.74, 6) is -1.72. The van der Waals surface area contributed by atoms with Gasteiger partial charge in [-0.05, 0) is 43.5 Å². The van der Waals surface area contributed by atoms with Crippen LogP contribution in [-0.4, -0.2) is 64.1 Å². The number of aliphatic carboxylic acids is 2. The van der Waals surface area contributed by atoms with Gasteiger partial charge in [0.05, 0.1) is 5.92 Å². The number of amides is 1. The van der Waals surface area contributed by atoms with Crippen LogP contribution in [0.15, 0.2) is 36.5 Å². The van der Waals surface area contributed by atoms with Crippen molar-refractivity contribution in [3.05, 3.63) is 47.7 Å². The molecular weight excluding hydrogens is 410 g/mol. The van der Waals surface area contributed by atoms with Crippen molar-refractivity contribution in [2.45, 2.75) is 44.6 Å². The van der Waals surface area contributed by atoms with Crippen molar-refractivity contribution in [1.82, 2.24) is 15.2 Å². The van der Waals surface area contributed by atoms with Crippen LogP contribution in [0.1, 0.15) is 43.2 Å². The van der Waals surface area contributed by atoms with E-state index in [0.717, 1.165) is 38.8 Å². The minimum atomic E-state index is -1.26. The highest BCUT2D eigenvalue weighted by Crippen LogP contribution is 2.44. The third-order valence-electron chi connectivity index (χ3n) is 6.29. The van der Waals surface area contributed by atoms with E-state index in [1.807, 2.05) is 0 Å². The van der Waals surface area contributed by atoms with Crippen LogP contribution in [0.2, 0.25) is 0 Å². The maximum absolute atomic E-state index is 12.6. The largest absolute Gasteiger partial charge is 0.478 e. The molecule has 1 aromatic heterocycles. The number of benzene rings is 1. The lowest BCUT2D eigenvalue weighted by Crippen LogP contribution is -2.51. The number of carboxylic acid groups (broad SMARTS) is 2. The van der Waals surface area contributed by atoms with E-state index < -0.39 is 11.9 Å². The molecule has 172 valence electrons. The Balaban J connectivity index is 0.000000312. The number of likely N-dealkylation sites (N-methyl/N-ethyl adjacent to an activating group) is 1. The summed E-state index contributed by atoms with van der Waals surface area (Å²) in [6.45, 7) is 3.83. The molecule has 8 nitrogen and oxygen atoms in total. The quantitative estimate of drug-likeness (QED) is 0.404. The van der Waals surface area contributed by atoms with Crippen LogP contribution in [0.5, 0.6) is 0 Å². The molecule has 4 N–H and O–H groups in total. The predicted molar refractivity (Wildman–Crippen MR) is 122 cm³/mol. The second kappa shape index (κ2) is 10.5. The number of aromatic nitrogens is 1. The average Bonchev–Trinajstić information content (AvgIpc) is 3.18. The average molecular weight is 442 g/mol. The Morgan fingerprint density at radius 3 is 2.59 bits per heavy atom. The van der Waals surface area contributed by atoms with Crippen LogP contribution in [0.3, 0.4) is 0 Å². The van der Waals surface area contributed by atoms with Gasteiger partial charge in [-0.1, -0.05) is 25.5 Å². The van der Waals surface area contributed by atoms with Gasteiger partial charge in [0, 0.05) is 54.3 Å². The molecule has 0 radical (unpaired) electrons. The molecule has 0 saturated carbocycles. The second-order valence-electron chi connectivity index (χ2n) is 8.49. The van der Waals surface area contributed by atoms with Crippen LogP contribution >= 0.6 is 0 Å². The van der Waals surface area contributed by atoms with Gasteiger partial charge in [-0.2, -0.15) is 0 Å². The molecule has 1 aromatic carbocycles. The molecule has 1 saturated heterocycles. The summed E-state index contributed by atoms with van der Waals surface area (Å²) in [4.78, 5) is 37.5. The summed E-state index contributed by atoms with van der Waals surface area (Å²) in [6.07, 6.45) is 7.52. The monoisotopic (exact) mass is 441 g/mol. The van der Waals surface area contributed by atoms with E-state index in [2.05, 4.69) is 53.6 Å². The number of hydrogen-bond donors (Lipinski definition) is 4. The molecule has 2 aliphatic rings. The van der Waals surface area contributed by atoms with Crippen molar-refractivity contribution in [3.8, 4) is 0 Å². The zero-order valence-corrected chi connectivity index (χ0v) is 18.5. The number of unbranched alkanes of at least 4 members (excludes halogenated alkanes) is 1. The number of aromatic amines is 1. The SMILES string of the molecule is CCCCNC(=O)C1CC2c3cccc4[nH]cc(c34)C[C@H]2N(C)C1.O=C(O)/C=C\C(=O)O. The molecule has 0 bridgehead atoms. The number of carboxylic acids is 2. The molecule has 2 aromatic rings. The van der Waals surface area contributed by atoms with Crippen LogP contribution in [0.25, 0.3) is 10.9 Å². The molecule has 1 fully saturated rings. The highest BCUT2D eigenvalue weighted by atomic mass is 16.4. The lowest BCUT2D eigenvalue weighted by Gasteiger charge is -2.45. The Morgan fingerprint density at radius 2 is 1.94 bits per heavy atom. The van der Waals surface area contributed by atoms with Crippen molar-refractivity contribution < 1.29 is 24.6 Å². The maximum Gasteiger partial charge on any atom is 0.328 e. The van der Waals surface area contributed by atoms with E-state index in [9.17, 15) is 14.4 Å². The lowest BCUT2D eigenvalue weighted by atomic mass is 9.72. The fourth-order valence-electron chi connectivity index (χ4n) is 4.81. The van der Waals surface area contributed by atoms with Gasteiger partial charge in [0.1, 0.15) is 0 Å². The number of likely N-dealkylation sites (tertiary alicyclic amines) is 1. The van der Waals surface area contributed by atoms with Crippen molar-refractivity contribution in [2.75, 3.05) is 20.1 Å². The molecule has 4 rings (SSSR count). The van der Waals surface area contributed by atoms with E-state index >= 15 is 0 Å². The zero-order chi connectivity index (χ0) is 23.3. The van der Waals surface area contributed by atoms with Crippen molar-refractivity contribution in [2.24, 2.45) is 5.92 Å². The molecule has 32 heavy (non-hydrogen) atoms. The number of H-pyrrole nitrogens is 1. The minimum absolute atomic E-state index is 0.101. The van der Waals surface area contributed by atoms with Gasteiger partial charge < -0.3 is 25.4 Å². The summed E-state index contributed by atoms with van der Waals surface area (Å²) in [7, 11) is 2.18. The van der Waals surface area contributed by atoms with Gasteiger partial charge in [-0.15, -0.1) is 0 Å². The summed E-state index contributed by atoms with van der Waals surface area (Å²) in [5.41, 5.74) is 4.09. The number of fused-ring (bicyclic) bond motifs is 2. The number of nitrogens with zero attached hydrogens (tertiary/aromatic N) is 1. The fraction of sp³-hybridized carbons (Fsp3) is 0.458. The third kappa shape index (κ3) is 5.37. The van der Waals surface area contributed by atoms with Crippen LogP contribution in [0.4, 0.5) is 0 Å². The summed E-state index contributed by atoms with van der Waals surface area (Å²) in [5, 5.41) is 20.2. The Morgan fingerprint density at radius 1 is 1.22 bits per heavy atom. The fourth-order valence-corrected chi connectivity index (χ4v) is 4.81. The van der Waals surface area contributed by atoms with Gasteiger partial charge in [-0.3, -0.25) is 4.79 Å². The highest BCUT2D eigenvalue weighted by Gasteiger charge is 2.41. The van der Waals surface area contributed by atoms with E-state index in [4.69, 9.17) is 10.2 Å². The number of hydrogen-bond acceptors (Lipinski definition) is 4. The van der Waals surface area contributed by atoms with Crippen LogP contribution in [-0.2, 0) is 20.8 Å². The smallest absolute Gasteiger partial charge is 0.328 e.